The van der Waals surface area contributed by atoms with Crippen molar-refractivity contribution in [2.24, 2.45) is 0 Å². The van der Waals surface area contributed by atoms with Gasteiger partial charge in [-0.3, -0.25) is 9.69 Å². The van der Waals surface area contributed by atoms with E-state index < -0.39 is 0 Å². The first-order valence-corrected chi connectivity index (χ1v) is 9.43. The number of amides is 1. The summed E-state index contributed by atoms with van der Waals surface area (Å²) in [6.07, 6.45) is 0. The monoisotopic (exact) mass is 377 g/mol. The molecule has 3 aromatic rings. The molecule has 0 atom stereocenters. The molecule has 1 heterocycles. The molecule has 1 aromatic heterocycles. The average Bonchev–Trinajstić information content (AvgIpc) is 3.01. The molecular weight excluding hydrogens is 350 g/mol. The Morgan fingerprint density at radius 3 is 1.96 bits per heavy atom. The Morgan fingerprint density at radius 2 is 1.50 bits per heavy atom. The molecule has 0 N–H and O–H groups in total. The fourth-order valence-electron chi connectivity index (χ4n) is 3.45. The molecule has 0 saturated heterocycles. The number of aromatic nitrogens is 1. The number of benzene rings is 2. The maximum Gasteiger partial charge on any atom is 0.237 e. The maximum absolute atomic E-state index is 13.1. The van der Waals surface area contributed by atoms with Crippen molar-refractivity contribution in [3.05, 3.63) is 88.8 Å². The van der Waals surface area contributed by atoms with Crippen LogP contribution in [0.4, 0.5) is 0 Å². The van der Waals surface area contributed by atoms with Gasteiger partial charge in [0, 0.05) is 19.2 Å². The van der Waals surface area contributed by atoms with Crippen molar-refractivity contribution in [2.75, 3.05) is 20.6 Å². The minimum atomic E-state index is -0.123. The second-order valence-electron chi connectivity index (χ2n) is 7.20. The molecule has 0 unspecified atom stereocenters. The zero-order chi connectivity index (χ0) is 20.1. The van der Waals surface area contributed by atoms with Gasteiger partial charge >= 0.3 is 0 Å². The number of carbonyl (C=O) groups excluding carboxylic acids is 1. The fourth-order valence-corrected chi connectivity index (χ4v) is 3.45. The SMILES string of the molecule is Cc1noc(C)c1CN(C)CC(=O)N(C)C(c1ccccc1)c1ccccc1. The number of rotatable bonds is 7. The van der Waals surface area contributed by atoms with E-state index in [1.165, 1.54) is 0 Å². The lowest BCUT2D eigenvalue weighted by Gasteiger charge is -2.30. The molecule has 0 bridgehead atoms. The van der Waals surface area contributed by atoms with Gasteiger partial charge in [0.15, 0.2) is 0 Å². The third-order valence-corrected chi connectivity index (χ3v) is 5.03. The number of nitrogens with zero attached hydrogens (tertiary/aromatic N) is 3. The van der Waals surface area contributed by atoms with Crippen molar-refractivity contribution < 1.29 is 9.32 Å². The van der Waals surface area contributed by atoms with Crippen LogP contribution in [0, 0.1) is 13.8 Å². The fraction of sp³-hybridized carbons (Fsp3) is 0.304. The third kappa shape index (κ3) is 4.49. The predicted octanol–water partition coefficient (Wildman–Crippen LogP) is 3.97. The molecule has 0 spiro atoms. The summed E-state index contributed by atoms with van der Waals surface area (Å²) in [6.45, 7) is 4.77. The largest absolute Gasteiger partial charge is 0.361 e. The zero-order valence-electron chi connectivity index (χ0n) is 16.9. The summed E-state index contributed by atoms with van der Waals surface area (Å²) >= 11 is 0. The topological polar surface area (TPSA) is 49.6 Å². The van der Waals surface area contributed by atoms with Crippen molar-refractivity contribution in [3.63, 3.8) is 0 Å². The van der Waals surface area contributed by atoms with E-state index in [9.17, 15) is 4.79 Å². The Bertz CT molecular complexity index is 847. The van der Waals surface area contributed by atoms with Gasteiger partial charge in [-0.1, -0.05) is 65.8 Å². The van der Waals surface area contributed by atoms with Gasteiger partial charge < -0.3 is 9.42 Å². The van der Waals surface area contributed by atoms with Crippen molar-refractivity contribution in [2.45, 2.75) is 26.4 Å². The van der Waals surface area contributed by atoms with E-state index in [2.05, 4.69) is 29.4 Å². The van der Waals surface area contributed by atoms with E-state index in [4.69, 9.17) is 4.52 Å². The van der Waals surface area contributed by atoms with E-state index in [-0.39, 0.29) is 11.9 Å². The van der Waals surface area contributed by atoms with Crippen molar-refractivity contribution >= 4 is 5.91 Å². The van der Waals surface area contributed by atoms with Gasteiger partial charge in [-0.15, -0.1) is 0 Å². The molecule has 3 rings (SSSR count). The Hall–Kier alpha value is -2.92. The first-order chi connectivity index (χ1) is 13.5. The number of carbonyl (C=O) groups is 1. The van der Waals surface area contributed by atoms with Crippen LogP contribution >= 0.6 is 0 Å². The third-order valence-electron chi connectivity index (χ3n) is 5.03. The average molecular weight is 377 g/mol. The highest BCUT2D eigenvalue weighted by Crippen LogP contribution is 2.27. The van der Waals surface area contributed by atoms with E-state index >= 15 is 0 Å². The van der Waals surface area contributed by atoms with Crippen molar-refractivity contribution in [1.82, 2.24) is 15.0 Å². The van der Waals surface area contributed by atoms with Gasteiger partial charge in [0.05, 0.1) is 18.3 Å². The van der Waals surface area contributed by atoms with Crippen molar-refractivity contribution in [1.29, 1.82) is 0 Å². The molecule has 0 saturated carbocycles. The second kappa shape index (κ2) is 8.85. The summed E-state index contributed by atoms with van der Waals surface area (Å²) in [7, 11) is 3.81. The molecule has 2 aromatic carbocycles. The Labute approximate surface area is 166 Å². The summed E-state index contributed by atoms with van der Waals surface area (Å²) in [4.78, 5) is 16.9. The highest BCUT2D eigenvalue weighted by Gasteiger charge is 2.24. The van der Waals surface area contributed by atoms with Crippen LogP contribution in [-0.4, -0.2) is 41.5 Å². The molecule has 5 nitrogen and oxygen atoms in total. The molecular formula is C23H27N3O2. The number of hydrogen-bond acceptors (Lipinski definition) is 4. The van der Waals surface area contributed by atoms with Crippen molar-refractivity contribution in [3.8, 4) is 0 Å². The highest BCUT2D eigenvalue weighted by molar-refractivity contribution is 5.79. The molecule has 5 heteroatoms. The van der Waals surface area contributed by atoms with Gasteiger partial charge in [0.25, 0.3) is 0 Å². The smallest absolute Gasteiger partial charge is 0.237 e. The van der Waals surface area contributed by atoms with E-state index in [1.807, 2.05) is 74.1 Å². The zero-order valence-corrected chi connectivity index (χ0v) is 16.9. The summed E-state index contributed by atoms with van der Waals surface area (Å²) < 4.78 is 5.23. The molecule has 1 amide bonds. The molecule has 146 valence electrons. The first kappa shape index (κ1) is 19.8. The molecule has 0 aliphatic heterocycles. The minimum Gasteiger partial charge on any atom is -0.361 e. The normalized spacial score (nSPS) is 11.2. The number of likely N-dealkylation sites (N-methyl/N-ethyl adjacent to an activating group) is 2. The highest BCUT2D eigenvalue weighted by atomic mass is 16.5. The van der Waals surface area contributed by atoms with Crippen LogP contribution in [0.15, 0.2) is 65.2 Å². The summed E-state index contributed by atoms with van der Waals surface area (Å²) in [5, 5.41) is 3.99. The number of aryl methyl sites for hydroxylation is 2. The van der Waals surface area contributed by atoms with Gasteiger partial charge in [-0.05, 0) is 32.0 Å². The Morgan fingerprint density at radius 1 is 0.964 bits per heavy atom. The predicted molar refractivity (Wildman–Crippen MR) is 110 cm³/mol. The minimum absolute atomic E-state index is 0.0620. The molecule has 0 aliphatic rings. The van der Waals surface area contributed by atoms with Crippen LogP contribution in [0.5, 0.6) is 0 Å². The molecule has 0 aliphatic carbocycles. The first-order valence-electron chi connectivity index (χ1n) is 9.43. The van der Waals surface area contributed by atoms with Crippen LogP contribution in [-0.2, 0) is 11.3 Å². The lowest BCUT2D eigenvalue weighted by atomic mass is 9.97. The second-order valence-corrected chi connectivity index (χ2v) is 7.20. The number of hydrogen-bond donors (Lipinski definition) is 0. The molecule has 28 heavy (non-hydrogen) atoms. The quantitative estimate of drug-likeness (QED) is 0.625. The summed E-state index contributed by atoms with van der Waals surface area (Å²) in [5.41, 5.74) is 4.10. The molecule has 0 fully saturated rings. The van der Waals surface area contributed by atoms with Gasteiger partial charge in [0.2, 0.25) is 5.91 Å². The Kier molecular flexibility index (Phi) is 6.26. The standard InChI is InChI=1S/C23H27N3O2/c1-17-21(18(2)28-24-17)15-25(3)16-22(27)26(4)23(19-11-7-5-8-12-19)20-13-9-6-10-14-20/h5-14,23H,15-16H2,1-4H3. The van der Waals surface area contributed by atoms with Crippen LogP contribution in [0.25, 0.3) is 0 Å². The lowest BCUT2D eigenvalue weighted by Crippen LogP contribution is -2.39. The summed E-state index contributed by atoms with van der Waals surface area (Å²) in [5.74, 6) is 0.864. The summed E-state index contributed by atoms with van der Waals surface area (Å²) in [6, 6.07) is 20.1. The Balaban J connectivity index is 1.77. The lowest BCUT2D eigenvalue weighted by molar-refractivity contribution is -0.132. The molecule has 0 radical (unpaired) electrons. The van der Waals surface area contributed by atoms with Crippen LogP contribution < -0.4 is 0 Å². The van der Waals surface area contributed by atoms with Crippen LogP contribution in [0.2, 0.25) is 0 Å². The van der Waals surface area contributed by atoms with E-state index in [0.29, 0.717) is 13.1 Å². The van der Waals surface area contributed by atoms with Gasteiger partial charge in [-0.25, -0.2) is 0 Å². The van der Waals surface area contributed by atoms with E-state index in [0.717, 1.165) is 28.1 Å². The van der Waals surface area contributed by atoms with Crippen LogP contribution in [0.3, 0.4) is 0 Å². The van der Waals surface area contributed by atoms with Crippen LogP contribution in [0.1, 0.15) is 34.2 Å². The van der Waals surface area contributed by atoms with Gasteiger partial charge in [0.1, 0.15) is 5.76 Å². The van der Waals surface area contributed by atoms with Gasteiger partial charge in [-0.2, -0.15) is 0 Å². The maximum atomic E-state index is 13.1. The van der Waals surface area contributed by atoms with E-state index in [1.54, 1.807) is 0 Å².